The van der Waals surface area contributed by atoms with E-state index in [1.54, 1.807) is 22.7 Å². The van der Waals surface area contributed by atoms with Crippen LogP contribution in [0.25, 0.3) is 0 Å². The number of halogens is 1. The Morgan fingerprint density at radius 3 is 2.57 bits per heavy atom. The first-order valence-electron chi connectivity index (χ1n) is 7.46. The summed E-state index contributed by atoms with van der Waals surface area (Å²) in [5.74, 6) is 1.06. The summed E-state index contributed by atoms with van der Waals surface area (Å²) >= 11 is 0. The van der Waals surface area contributed by atoms with Crippen molar-refractivity contribution in [3.63, 3.8) is 0 Å². The standard InChI is InChI=1S/C15H19FN6O/c1-11-9-14(20(2)19-11)18-15(23)22-7-5-21(6-8-22)13-4-3-12(16)10-17-13/h3-4,9-10H,5-8H2,1-2H3,(H,18,23). The van der Waals surface area contributed by atoms with Gasteiger partial charge in [0.05, 0.1) is 11.9 Å². The van der Waals surface area contributed by atoms with E-state index in [2.05, 4.69) is 15.4 Å². The van der Waals surface area contributed by atoms with Crippen LogP contribution in [0, 0.1) is 12.7 Å². The predicted octanol–water partition coefficient (Wildman–Crippen LogP) is 1.62. The zero-order valence-electron chi connectivity index (χ0n) is 13.2. The summed E-state index contributed by atoms with van der Waals surface area (Å²) in [6.07, 6.45) is 1.21. The van der Waals surface area contributed by atoms with Gasteiger partial charge in [-0.2, -0.15) is 5.10 Å². The van der Waals surface area contributed by atoms with Crippen LogP contribution in [0.4, 0.5) is 20.8 Å². The summed E-state index contributed by atoms with van der Waals surface area (Å²) in [5, 5.41) is 7.07. The smallest absolute Gasteiger partial charge is 0.323 e. The van der Waals surface area contributed by atoms with Crippen molar-refractivity contribution in [1.82, 2.24) is 19.7 Å². The fraction of sp³-hybridized carbons (Fsp3) is 0.400. The number of nitrogens with zero attached hydrogens (tertiary/aromatic N) is 5. The molecule has 0 radical (unpaired) electrons. The highest BCUT2D eigenvalue weighted by Gasteiger charge is 2.22. The fourth-order valence-corrected chi connectivity index (χ4v) is 2.61. The van der Waals surface area contributed by atoms with Gasteiger partial charge in [0.15, 0.2) is 0 Å². The summed E-state index contributed by atoms with van der Waals surface area (Å²) in [5.41, 5.74) is 0.856. The van der Waals surface area contributed by atoms with Crippen LogP contribution >= 0.6 is 0 Å². The summed E-state index contributed by atoms with van der Waals surface area (Å²) in [6.45, 7) is 4.38. The molecule has 3 rings (SSSR count). The van der Waals surface area contributed by atoms with Crippen molar-refractivity contribution in [2.75, 3.05) is 36.4 Å². The number of hydrogen-bond acceptors (Lipinski definition) is 4. The summed E-state index contributed by atoms with van der Waals surface area (Å²) in [6, 6.07) is 4.74. The number of amides is 2. The number of pyridine rings is 1. The molecule has 2 aromatic heterocycles. The van der Waals surface area contributed by atoms with Crippen LogP contribution in [0.5, 0.6) is 0 Å². The average Bonchev–Trinajstić information content (AvgIpc) is 2.86. The van der Waals surface area contributed by atoms with Gasteiger partial charge in [-0.3, -0.25) is 10.00 Å². The molecule has 1 aliphatic heterocycles. The number of aryl methyl sites for hydroxylation is 2. The Labute approximate surface area is 133 Å². The molecule has 1 saturated heterocycles. The molecule has 1 N–H and O–H groups in total. The van der Waals surface area contributed by atoms with E-state index in [0.29, 0.717) is 32.0 Å². The van der Waals surface area contributed by atoms with Gasteiger partial charge in [-0.05, 0) is 19.1 Å². The lowest BCUT2D eigenvalue weighted by molar-refractivity contribution is 0.208. The molecule has 0 aromatic carbocycles. The lowest BCUT2D eigenvalue weighted by atomic mass is 10.3. The van der Waals surface area contributed by atoms with Gasteiger partial charge in [0.25, 0.3) is 0 Å². The third-order valence-corrected chi connectivity index (χ3v) is 3.84. The van der Waals surface area contributed by atoms with Gasteiger partial charge in [0, 0.05) is 39.3 Å². The lowest BCUT2D eigenvalue weighted by Crippen LogP contribution is -2.50. The van der Waals surface area contributed by atoms with Crippen LogP contribution in [0.15, 0.2) is 24.4 Å². The highest BCUT2D eigenvalue weighted by atomic mass is 19.1. The molecule has 0 aliphatic carbocycles. The molecule has 122 valence electrons. The van der Waals surface area contributed by atoms with Gasteiger partial charge in [0.2, 0.25) is 0 Å². The first kappa shape index (κ1) is 15.3. The largest absolute Gasteiger partial charge is 0.353 e. The molecule has 0 unspecified atom stereocenters. The molecule has 7 nitrogen and oxygen atoms in total. The molecule has 0 spiro atoms. The molecular formula is C15H19FN6O. The zero-order chi connectivity index (χ0) is 16.4. The monoisotopic (exact) mass is 318 g/mol. The molecule has 0 saturated carbocycles. The highest BCUT2D eigenvalue weighted by Crippen LogP contribution is 2.15. The number of nitrogens with one attached hydrogen (secondary N) is 1. The number of carbonyl (C=O) groups is 1. The van der Waals surface area contributed by atoms with Crippen molar-refractivity contribution in [2.45, 2.75) is 6.92 Å². The van der Waals surface area contributed by atoms with Crippen LogP contribution in [0.2, 0.25) is 0 Å². The number of anilines is 2. The Bertz CT molecular complexity index is 690. The number of aromatic nitrogens is 3. The van der Waals surface area contributed by atoms with E-state index < -0.39 is 0 Å². The predicted molar refractivity (Wildman–Crippen MR) is 84.9 cm³/mol. The van der Waals surface area contributed by atoms with Gasteiger partial charge in [-0.1, -0.05) is 0 Å². The van der Waals surface area contributed by atoms with Crippen LogP contribution < -0.4 is 10.2 Å². The van der Waals surface area contributed by atoms with E-state index in [4.69, 9.17) is 0 Å². The third-order valence-electron chi connectivity index (χ3n) is 3.84. The van der Waals surface area contributed by atoms with Crippen LogP contribution in [-0.4, -0.2) is 51.9 Å². The maximum atomic E-state index is 12.9. The van der Waals surface area contributed by atoms with Crippen LogP contribution in [-0.2, 0) is 7.05 Å². The van der Waals surface area contributed by atoms with Gasteiger partial charge in [-0.25, -0.2) is 14.2 Å². The van der Waals surface area contributed by atoms with Crippen molar-refractivity contribution < 1.29 is 9.18 Å². The van der Waals surface area contributed by atoms with E-state index in [0.717, 1.165) is 11.5 Å². The van der Waals surface area contributed by atoms with Gasteiger partial charge in [0.1, 0.15) is 17.5 Å². The average molecular weight is 318 g/mol. The lowest BCUT2D eigenvalue weighted by Gasteiger charge is -2.35. The quantitative estimate of drug-likeness (QED) is 0.914. The number of hydrogen-bond donors (Lipinski definition) is 1. The van der Waals surface area contributed by atoms with Gasteiger partial charge < -0.3 is 9.80 Å². The molecule has 0 bridgehead atoms. The fourth-order valence-electron chi connectivity index (χ4n) is 2.61. The molecule has 1 aliphatic rings. The van der Waals surface area contributed by atoms with E-state index >= 15 is 0 Å². The second-order valence-corrected chi connectivity index (χ2v) is 5.53. The second kappa shape index (κ2) is 6.23. The Morgan fingerprint density at radius 2 is 2.00 bits per heavy atom. The Balaban J connectivity index is 1.57. The Hall–Kier alpha value is -2.64. The first-order valence-corrected chi connectivity index (χ1v) is 7.46. The van der Waals surface area contributed by atoms with E-state index in [-0.39, 0.29) is 11.8 Å². The third kappa shape index (κ3) is 3.41. The van der Waals surface area contributed by atoms with Crippen LogP contribution in [0.1, 0.15) is 5.69 Å². The number of urea groups is 1. The zero-order valence-corrected chi connectivity index (χ0v) is 13.2. The summed E-state index contributed by atoms with van der Waals surface area (Å²) in [4.78, 5) is 20.2. The summed E-state index contributed by atoms with van der Waals surface area (Å²) in [7, 11) is 1.79. The minimum absolute atomic E-state index is 0.139. The van der Waals surface area contributed by atoms with Crippen molar-refractivity contribution in [3.05, 3.63) is 35.9 Å². The minimum atomic E-state index is -0.349. The summed E-state index contributed by atoms with van der Waals surface area (Å²) < 4.78 is 14.6. The van der Waals surface area contributed by atoms with Crippen molar-refractivity contribution in [3.8, 4) is 0 Å². The minimum Gasteiger partial charge on any atom is -0.353 e. The van der Waals surface area contributed by atoms with Crippen molar-refractivity contribution in [2.24, 2.45) is 7.05 Å². The molecule has 1 fully saturated rings. The first-order chi connectivity index (χ1) is 11.0. The van der Waals surface area contributed by atoms with E-state index in [1.807, 2.05) is 17.9 Å². The number of piperazine rings is 1. The molecule has 23 heavy (non-hydrogen) atoms. The van der Waals surface area contributed by atoms with E-state index in [9.17, 15) is 9.18 Å². The highest BCUT2D eigenvalue weighted by molar-refractivity contribution is 5.88. The van der Waals surface area contributed by atoms with Crippen molar-refractivity contribution >= 4 is 17.7 Å². The van der Waals surface area contributed by atoms with Gasteiger partial charge >= 0.3 is 6.03 Å². The molecular weight excluding hydrogens is 299 g/mol. The number of carbonyl (C=O) groups excluding carboxylic acids is 1. The SMILES string of the molecule is Cc1cc(NC(=O)N2CCN(c3ccc(F)cn3)CC2)n(C)n1. The van der Waals surface area contributed by atoms with Gasteiger partial charge in [-0.15, -0.1) is 0 Å². The van der Waals surface area contributed by atoms with Crippen molar-refractivity contribution in [1.29, 1.82) is 0 Å². The molecule has 0 atom stereocenters. The molecule has 8 heteroatoms. The maximum absolute atomic E-state index is 12.9. The molecule has 2 amide bonds. The Kier molecular flexibility index (Phi) is 4.14. The van der Waals surface area contributed by atoms with Crippen LogP contribution in [0.3, 0.4) is 0 Å². The molecule has 3 heterocycles. The van der Waals surface area contributed by atoms with E-state index in [1.165, 1.54) is 12.3 Å². The maximum Gasteiger partial charge on any atom is 0.323 e. The topological polar surface area (TPSA) is 66.3 Å². The molecule has 2 aromatic rings. The normalized spacial score (nSPS) is 14.9. The Morgan fingerprint density at radius 1 is 1.26 bits per heavy atom. The second-order valence-electron chi connectivity index (χ2n) is 5.53. The number of rotatable bonds is 2.